The molecule has 1 amide bonds. The van der Waals surface area contributed by atoms with Gasteiger partial charge in [-0.1, -0.05) is 12.1 Å². The molecule has 0 aliphatic heterocycles. The predicted molar refractivity (Wildman–Crippen MR) is 115 cm³/mol. The van der Waals surface area contributed by atoms with E-state index in [4.69, 9.17) is 0 Å². The SMILES string of the molecule is CNc1ncnc2ccc(-c3ccc(F)c(CN(C)C(=O)c4cccnc4)c3)cc12. The summed E-state index contributed by atoms with van der Waals surface area (Å²) in [5.41, 5.74) is 3.48. The van der Waals surface area contributed by atoms with Crippen LogP contribution in [0.3, 0.4) is 0 Å². The Morgan fingerprint density at radius 1 is 1.10 bits per heavy atom. The van der Waals surface area contributed by atoms with Crippen molar-refractivity contribution in [3.8, 4) is 11.1 Å². The van der Waals surface area contributed by atoms with Gasteiger partial charge in [-0.3, -0.25) is 9.78 Å². The van der Waals surface area contributed by atoms with Crippen LogP contribution in [-0.4, -0.2) is 39.9 Å². The summed E-state index contributed by atoms with van der Waals surface area (Å²) in [4.78, 5) is 26.6. The lowest BCUT2D eigenvalue weighted by molar-refractivity contribution is 0.0783. The third-order valence-corrected chi connectivity index (χ3v) is 4.91. The van der Waals surface area contributed by atoms with Crippen molar-refractivity contribution in [2.24, 2.45) is 0 Å². The maximum Gasteiger partial charge on any atom is 0.255 e. The summed E-state index contributed by atoms with van der Waals surface area (Å²) in [5, 5.41) is 3.94. The topological polar surface area (TPSA) is 71.0 Å². The summed E-state index contributed by atoms with van der Waals surface area (Å²) in [6.07, 6.45) is 4.62. The molecule has 0 aliphatic carbocycles. The summed E-state index contributed by atoms with van der Waals surface area (Å²) in [7, 11) is 3.45. The number of halogens is 1. The van der Waals surface area contributed by atoms with E-state index in [0.717, 1.165) is 27.8 Å². The van der Waals surface area contributed by atoms with Gasteiger partial charge in [-0.15, -0.1) is 0 Å². The Labute approximate surface area is 173 Å². The van der Waals surface area contributed by atoms with Crippen molar-refractivity contribution in [1.82, 2.24) is 19.9 Å². The molecule has 2 aromatic carbocycles. The summed E-state index contributed by atoms with van der Waals surface area (Å²) >= 11 is 0. The quantitative estimate of drug-likeness (QED) is 0.544. The zero-order valence-electron chi connectivity index (χ0n) is 16.6. The van der Waals surface area contributed by atoms with Gasteiger partial charge in [-0.05, 0) is 47.5 Å². The first-order valence-corrected chi connectivity index (χ1v) is 9.43. The maximum absolute atomic E-state index is 14.5. The van der Waals surface area contributed by atoms with Gasteiger partial charge in [-0.2, -0.15) is 0 Å². The van der Waals surface area contributed by atoms with Crippen LogP contribution in [-0.2, 0) is 6.54 Å². The average molecular weight is 401 g/mol. The normalized spacial score (nSPS) is 10.8. The number of carbonyl (C=O) groups excluding carboxylic acids is 1. The molecule has 0 saturated carbocycles. The summed E-state index contributed by atoms with van der Waals surface area (Å²) in [5.74, 6) is 0.157. The molecule has 0 aliphatic rings. The number of hydrogen-bond acceptors (Lipinski definition) is 5. The van der Waals surface area contributed by atoms with Gasteiger partial charge in [0.15, 0.2) is 0 Å². The second-order valence-corrected chi connectivity index (χ2v) is 6.91. The number of carbonyl (C=O) groups is 1. The first kappa shape index (κ1) is 19.4. The molecule has 0 radical (unpaired) electrons. The summed E-state index contributed by atoms with van der Waals surface area (Å²) < 4.78 is 14.5. The molecule has 30 heavy (non-hydrogen) atoms. The van der Waals surface area contributed by atoms with Crippen molar-refractivity contribution in [3.63, 3.8) is 0 Å². The predicted octanol–water partition coefficient (Wildman–Crippen LogP) is 4.14. The molecular formula is C23H20FN5O. The van der Waals surface area contributed by atoms with Gasteiger partial charge in [0.05, 0.1) is 11.1 Å². The second-order valence-electron chi connectivity index (χ2n) is 6.91. The van der Waals surface area contributed by atoms with Crippen molar-refractivity contribution in [2.75, 3.05) is 19.4 Å². The van der Waals surface area contributed by atoms with E-state index >= 15 is 0 Å². The smallest absolute Gasteiger partial charge is 0.255 e. The lowest BCUT2D eigenvalue weighted by atomic mass is 10.0. The first-order valence-electron chi connectivity index (χ1n) is 9.43. The number of amides is 1. The van der Waals surface area contributed by atoms with Gasteiger partial charge in [0, 0.05) is 44.0 Å². The van der Waals surface area contributed by atoms with Crippen LogP contribution in [0.15, 0.2) is 67.3 Å². The van der Waals surface area contributed by atoms with Crippen LogP contribution in [0.5, 0.6) is 0 Å². The third-order valence-electron chi connectivity index (χ3n) is 4.91. The van der Waals surface area contributed by atoms with Gasteiger partial charge < -0.3 is 10.2 Å². The molecule has 2 aromatic heterocycles. The standard InChI is InChI=1S/C23H20FN5O/c1-25-22-19-11-16(6-8-21(19)27-14-28-22)15-5-7-20(24)18(10-15)13-29(2)23(30)17-4-3-9-26-12-17/h3-12,14H,13H2,1-2H3,(H,25,27,28). The van der Waals surface area contributed by atoms with Crippen molar-refractivity contribution < 1.29 is 9.18 Å². The minimum absolute atomic E-state index is 0.145. The number of pyridine rings is 1. The zero-order valence-corrected chi connectivity index (χ0v) is 16.6. The highest BCUT2D eigenvalue weighted by Crippen LogP contribution is 2.28. The molecule has 0 fully saturated rings. The Bertz CT molecular complexity index is 1210. The fourth-order valence-electron chi connectivity index (χ4n) is 3.35. The highest BCUT2D eigenvalue weighted by Gasteiger charge is 2.15. The van der Waals surface area contributed by atoms with E-state index in [1.807, 2.05) is 18.2 Å². The zero-order chi connectivity index (χ0) is 21.1. The molecule has 0 saturated heterocycles. The van der Waals surface area contributed by atoms with E-state index in [0.29, 0.717) is 11.1 Å². The lowest BCUT2D eigenvalue weighted by Gasteiger charge is -2.18. The Hall–Kier alpha value is -3.87. The lowest BCUT2D eigenvalue weighted by Crippen LogP contribution is -2.26. The molecule has 4 aromatic rings. The van der Waals surface area contributed by atoms with Crippen molar-refractivity contribution in [1.29, 1.82) is 0 Å². The summed E-state index contributed by atoms with van der Waals surface area (Å²) in [6, 6.07) is 14.1. The molecule has 7 heteroatoms. The van der Waals surface area contributed by atoms with Crippen molar-refractivity contribution in [2.45, 2.75) is 6.54 Å². The molecule has 0 spiro atoms. The number of nitrogens with one attached hydrogen (secondary N) is 1. The third kappa shape index (κ3) is 3.82. The van der Waals surface area contributed by atoms with Crippen LogP contribution >= 0.6 is 0 Å². The fraction of sp³-hybridized carbons (Fsp3) is 0.130. The van der Waals surface area contributed by atoms with E-state index in [1.54, 1.807) is 44.6 Å². The van der Waals surface area contributed by atoms with Crippen LogP contribution in [0, 0.1) is 5.82 Å². The van der Waals surface area contributed by atoms with Crippen molar-refractivity contribution in [3.05, 3.63) is 84.2 Å². The van der Waals surface area contributed by atoms with Gasteiger partial charge in [0.2, 0.25) is 0 Å². The van der Waals surface area contributed by atoms with Crippen LogP contribution in [0.4, 0.5) is 10.2 Å². The van der Waals surface area contributed by atoms with Crippen LogP contribution in [0.1, 0.15) is 15.9 Å². The Morgan fingerprint density at radius 2 is 1.90 bits per heavy atom. The van der Waals surface area contributed by atoms with Crippen LogP contribution < -0.4 is 5.32 Å². The summed E-state index contributed by atoms with van der Waals surface area (Å²) in [6.45, 7) is 0.145. The number of hydrogen-bond donors (Lipinski definition) is 1. The number of aromatic nitrogens is 3. The first-order chi connectivity index (χ1) is 14.6. The molecule has 1 N–H and O–H groups in total. The number of benzene rings is 2. The van der Waals surface area contributed by atoms with Crippen LogP contribution in [0.2, 0.25) is 0 Å². The number of anilines is 1. The second kappa shape index (κ2) is 8.24. The van der Waals surface area contributed by atoms with E-state index in [-0.39, 0.29) is 18.3 Å². The maximum atomic E-state index is 14.5. The van der Waals surface area contributed by atoms with Gasteiger partial charge in [0.25, 0.3) is 5.91 Å². The average Bonchev–Trinajstić information content (AvgIpc) is 2.79. The molecule has 4 rings (SSSR count). The molecular weight excluding hydrogens is 381 g/mol. The molecule has 2 heterocycles. The van der Waals surface area contributed by atoms with Crippen LogP contribution in [0.25, 0.3) is 22.0 Å². The molecule has 0 unspecified atom stereocenters. The number of rotatable bonds is 5. The molecule has 150 valence electrons. The Balaban J connectivity index is 1.65. The van der Waals surface area contributed by atoms with Gasteiger partial charge in [0.1, 0.15) is 18.0 Å². The van der Waals surface area contributed by atoms with E-state index < -0.39 is 0 Å². The molecule has 0 atom stereocenters. The molecule has 6 nitrogen and oxygen atoms in total. The largest absolute Gasteiger partial charge is 0.373 e. The van der Waals surface area contributed by atoms with Gasteiger partial charge >= 0.3 is 0 Å². The monoisotopic (exact) mass is 401 g/mol. The van der Waals surface area contributed by atoms with E-state index in [9.17, 15) is 9.18 Å². The fourth-order valence-corrected chi connectivity index (χ4v) is 3.35. The highest BCUT2D eigenvalue weighted by molar-refractivity contribution is 5.94. The van der Waals surface area contributed by atoms with Crippen molar-refractivity contribution >= 4 is 22.6 Å². The molecule has 0 bridgehead atoms. The minimum atomic E-state index is -0.357. The van der Waals surface area contributed by atoms with E-state index in [1.165, 1.54) is 23.5 Å². The van der Waals surface area contributed by atoms with Gasteiger partial charge in [-0.25, -0.2) is 14.4 Å². The highest BCUT2D eigenvalue weighted by atomic mass is 19.1. The number of nitrogens with zero attached hydrogens (tertiary/aromatic N) is 4. The number of fused-ring (bicyclic) bond motifs is 1. The van der Waals surface area contributed by atoms with E-state index in [2.05, 4.69) is 20.3 Å². The minimum Gasteiger partial charge on any atom is -0.373 e. The Morgan fingerprint density at radius 3 is 2.67 bits per heavy atom. The Kier molecular flexibility index (Phi) is 5.34.